The van der Waals surface area contributed by atoms with E-state index in [1.54, 1.807) is 0 Å². The van der Waals surface area contributed by atoms with E-state index in [2.05, 4.69) is 203 Å². The van der Waals surface area contributed by atoms with Crippen molar-refractivity contribution >= 4 is 65.2 Å². The van der Waals surface area contributed by atoms with Crippen molar-refractivity contribution < 1.29 is 0 Å². The molecule has 0 unspecified atom stereocenters. The van der Waals surface area contributed by atoms with Gasteiger partial charge in [-0.2, -0.15) is 0 Å². The van der Waals surface area contributed by atoms with Crippen LogP contribution in [0, 0.1) is 0 Å². The quantitative estimate of drug-likeness (QED) is 0.176. The number of benzene rings is 9. The summed E-state index contributed by atoms with van der Waals surface area (Å²) >= 11 is 0. The van der Waals surface area contributed by atoms with Crippen LogP contribution >= 0.6 is 0 Å². The summed E-state index contributed by atoms with van der Waals surface area (Å²) in [5.74, 6) is 0.703. The van der Waals surface area contributed by atoms with E-state index in [9.17, 15) is 0 Å². The van der Waals surface area contributed by atoms with E-state index in [1.165, 1.54) is 54.4 Å². The number of hydrogen-bond acceptors (Lipinski definition) is 2. The monoisotopic (exact) mass is 738 g/mol. The molecule has 0 aliphatic carbocycles. The van der Waals surface area contributed by atoms with Crippen LogP contribution in [0.4, 0.5) is 0 Å². The standard InChI is InChI=1S/C54H34N4/c1-3-14-37(15-4-1)46-34-47(38-16-5-2-6-17-38)56-54(55-46)40-24-23-36-26-28-43(33-41(36)31-40)58-49-22-12-10-20-45(49)53-51(58)30-29-50-52(53)44-19-9-11-21-48(44)57(50)42-27-25-35-13-7-8-18-39(35)32-42/h1-34H. The molecule has 0 N–H and O–H groups in total. The maximum Gasteiger partial charge on any atom is 0.160 e. The van der Waals surface area contributed by atoms with E-state index >= 15 is 0 Å². The first-order valence-electron chi connectivity index (χ1n) is 19.7. The van der Waals surface area contributed by atoms with Crippen molar-refractivity contribution in [2.45, 2.75) is 0 Å². The second kappa shape index (κ2) is 12.9. The minimum Gasteiger partial charge on any atom is -0.309 e. The number of hydrogen-bond donors (Lipinski definition) is 0. The van der Waals surface area contributed by atoms with Gasteiger partial charge in [-0.15, -0.1) is 0 Å². The molecule has 3 aromatic heterocycles. The first-order valence-corrected chi connectivity index (χ1v) is 19.7. The molecule has 4 heteroatoms. The number of aromatic nitrogens is 4. The van der Waals surface area contributed by atoms with E-state index in [4.69, 9.17) is 9.97 Å². The number of para-hydroxylation sites is 2. The van der Waals surface area contributed by atoms with E-state index in [-0.39, 0.29) is 0 Å². The van der Waals surface area contributed by atoms with E-state index in [1.807, 2.05) is 12.1 Å². The first kappa shape index (κ1) is 32.4. The maximum atomic E-state index is 5.13. The van der Waals surface area contributed by atoms with Crippen molar-refractivity contribution in [2.75, 3.05) is 0 Å². The molecule has 0 aliphatic heterocycles. The van der Waals surface area contributed by atoms with Crippen molar-refractivity contribution in [3.05, 3.63) is 206 Å². The molecular weight excluding hydrogens is 705 g/mol. The van der Waals surface area contributed by atoms with Crippen LogP contribution in [0.5, 0.6) is 0 Å². The highest BCUT2D eigenvalue weighted by Gasteiger charge is 2.21. The zero-order valence-corrected chi connectivity index (χ0v) is 31.4. The Morgan fingerprint density at radius 2 is 0.759 bits per heavy atom. The lowest BCUT2D eigenvalue weighted by Gasteiger charge is -2.12. The van der Waals surface area contributed by atoms with Crippen molar-refractivity contribution in [1.29, 1.82) is 0 Å². The second-order valence-electron chi connectivity index (χ2n) is 15.0. The number of fused-ring (bicyclic) bond motifs is 9. The topological polar surface area (TPSA) is 35.6 Å². The molecule has 9 aromatic carbocycles. The molecular formula is C54H34N4. The summed E-state index contributed by atoms with van der Waals surface area (Å²) in [6.07, 6.45) is 0. The summed E-state index contributed by atoms with van der Waals surface area (Å²) in [6, 6.07) is 73.8. The molecule has 0 saturated heterocycles. The molecule has 12 aromatic rings. The molecule has 0 aliphatic rings. The van der Waals surface area contributed by atoms with Gasteiger partial charge in [0, 0.05) is 49.6 Å². The Bertz CT molecular complexity index is 3500. The molecule has 0 spiro atoms. The van der Waals surface area contributed by atoms with Crippen LogP contribution in [0.3, 0.4) is 0 Å². The Balaban J connectivity index is 1.06. The molecule has 0 amide bonds. The predicted octanol–water partition coefficient (Wildman–Crippen LogP) is 14.0. The highest BCUT2D eigenvalue weighted by molar-refractivity contribution is 6.29. The van der Waals surface area contributed by atoms with Gasteiger partial charge in [-0.25, -0.2) is 9.97 Å². The van der Waals surface area contributed by atoms with Gasteiger partial charge in [-0.3, -0.25) is 0 Å². The van der Waals surface area contributed by atoms with Crippen LogP contribution in [0.2, 0.25) is 0 Å². The summed E-state index contributed by atoms with van der Waals surface area (Å²) < 4.78 is 4.86. The largest absolute Gasteiger partial charge is 0.309 e. The first-order chi connectivity index (χ1) is 28.7. The molecule has 3 heterocycles. The molecule has 0 saturated carbocycles. The highest BCUT2D eigenvalue weighted by Crippen LogP contribution is 2.43. The maximum absolute atomic E-state index is 5.13. The molecule has 0 fully saturated rings. The molecule has 4 nitrogen and oxygen atoms in total. The van der Waals surface area contributed by atoms with Crippen LogP contribution in [0.1, 0.15) is 0 Å². The average molecular weight is 739 g/mol. The Kier molecular flexibility index (Phi) is 7.20. The minimum absolute atomic E-state index is 0.703. The Morgan fingerprint density at radius 3 is 1.34 bits per heavy atom. The molecule has 0 atom stereocenters. The smallest absolute Gasteiger partial charge is 0.160 e. The summed E-state index contributed by atoms with van der Waals surface area (Å²) in [4.78, 5) is 10.3. The summed E-state index contributed by atoms with van der Waals surface area (Å²) in [5, 5.41) is 9.77. The number of rotatable bonds is 5. The summed E-state index contributed by atoms with van der Waals surface area (Å²) in [5.41, 5.74) is 11.9. The van der Waals surface area contributed by atoms with Gasteiger partial charge in [0.25, 0.3) is 0 Å². The van der Waals surface area contributed by atoms with Crippen LogP contribution in [0.15, 0.2) is 206 Å². The van der Waals surface area contributed by atoms with E-state index in [0.717, 1.165) is 50.2 Å². The van der Waals surface area contributed by atoms with Crippen molar-refractivity contribution in [1.82, 2.24) is 19.1 Å². The SMILES string of the molecule is c1ccc(-c2cc(-c3ccccc3)nc(-c3ccc4ccc(-n5c6ccccc6c6c7c8ccccc8n(-c8ccc9ccccc9c8)c7ccc65)cc4c3)n2)cc1. The predicted molar refractivity (Wildman–Crippen MR) is 242 cm³/mol. The fourth-order valence-corrected chi connectivity index (χ4v) is 8.99. The van der Waals surface area contributed by atoms with Crippen LogP contribution in [-0.2, 0) is 0 Å². The van der Waals surface area contributed by atoms with Crippen LogP contribution in [-0.4, -0.2) is 19.1 Å². The van der Waals surface area contributed by atoms with Crippen LogP contribution in [0.25, 0.3) is 110 Å². The normalized spacial score (nSPS) is 11.8. The minimum atomic E-state index is 0.703. The van der Waals surface area contributed by atoms with Gasteiger partial charge in [0.15, 0.2) is 5.82 Å². The van der Waals surface area contributed by atoms with Gasteiger partial charge in [-0.05, 0) is 82.2 Å². The van der Waals surface area contributed by atoms with Gasteiger partial charge in [-0.1, -0.05) is 146 Å². The zero-order valence-electron chi connectivity index (χ0n) is 31.4. The molecule has 12 rings (SSSR count). The molecule has 0 bridgehead atoms. The molecule has 58 heavy (non-hydrogen) atoms. The van der Waals surface area contributed by atoms with Gasteiger partial charge in [0.2, 0.25) is 0 Å². The fourth-order valence-electron chi connectivity index (χ4n) is 8.99. The third-order valence-corrected chi connectivity index (χ3v) is 11.7. The third kappa shape index (κ3) is 5.09. The highest BCUT2D eigenvalue weighted by atomic mass is 15.0. The van der Waals surface area contributed by atoms with Crippen molar-refractivity contribution in [3.8, 4) is 45.3 Å². The lowest BCUT2D eigenvalue weighted by molar-refractivity contribution is 1.18. The summed E-state index contributed by atoms with van der Waals surface area (Å²) in [6.45, 7) is 0. The van der Waals surface area contributed by atoms with Crippen molar-refractivity contribution in [3.63, 3.8) is 0 Å². The lowest BCUT2D eigenvalue weighted by atomic mass is 10.0. The van der Waals surface area contributed by atoms with Gasteiger partial charge < -0.3 is 9.13 Å². The van der Waals surface area contributed by atoms with Crippen molar-refractivity contribution in [2.24, 2.45) is 0 Å². The fraction of sp³-hybridized carbons (Fsp3) is 0. The number of nitrogens with zero attached hydrogens (tertiary/aromatic N) is 4. The Labute approximate surface area is 334 Å². The van der Waals surface area contributed by atoms with Gasteiger partial charge in [0.05, 0.1) is 33.5 Å². The van der Waals surface area contributed by atoms with Gasteiger partial charge >= 0.3 is 0 Å². The van der Waals surface area contributed by atoms with E-state index in [0.29, 0.717) is 5.82 Å². The van der Waals surface area contributed by atoms with Crippen LogP contribution < -0.4 is 0 Å². The zero-order chi connectivity index (χ0) is 38.2. The molecule has 270 valence electrons. The Morgan fingerprint density at radius 1 is 0.293 bits per heavy atom. The summed E-state index contributed by atoms with van der Waals surface area (Å²) in [7, 11) is 0. The lowest BCUT2D eigenvalue weighted by Crippen LogP contribution is -1.96. The second-order valence-corrected chi connectivity index (χ2v) is 15.0. The van der Waals surface area contributed by atoms with Gasteiger partial charge in [0.1, 0.15) is 0 Å². The third-order valence-electron chi connectivity index (χ3n) is 11.7. The Hall–Kier alpha value is -7.82. The molecule has 0 radical (unpaired) electrons. The van der Waals surface area contributed by atoms with E-state index < -0.39 is 0 Å². The average Bonchev–Trinajstić information content (AvgIpc) is 3.82.